The van der Waals surface area contributed by atoms with Gasteiger partial charge in [0.1, 0.15) is 12.4 Å². The Bertz CT molecular complexity index is 663. The summed E-state index contributed by atoms with van der Waals surface area (Å²) in [6.07, 6.45) is 0. The van der Waals surface area contributed by atoms with Crippen LogP contribution < -0.4 is 15.9 Å². The van der Waals surface area contributed by atoms with Crippen LogP contribution in [0.15, 0.2) is 45.6 Å². The van der Waals surface area contributed by atoms with Crippen LogP contribution in [0, 0.1) is 0 Å². The number of hydrogen-bond donors (Lipinski definition) is 2. The standard InChI is InChI=1S/C14H13NO5/c15-7-10-6-11(16)12(13(20-10)14(17)18)19-8-9-4-2-1-3-5-9/h1-6H,7-8,15H2,(H,17,18). The van der Waals surface area contributed by atoms with Crippen LogP contribution in [0.1, 0.15) is 21.9 Å². The molecular formula is C14H13NO5. The van der Waals surface area contributed by atoms with Crippen molar-refractivity contribution in [1.82, 2.24) is 0 Å². The molecule has 0 aliphatic heterocycles. The number of ether oxygens (including phenoxy) is 1. The molecule has 2 aromatic rings. The molecule has 0 fully saturated rings. The van der Waals surface area contributed by atoms with Crippen LogP contribution in [0.2, 0.25) is 0 Å². The highest BCUT2D eigenvalue weighted by atomic mass is 16.5. The molecule has 6 nitrogen and oxygen atoms in total. The average molecular weight is 275 g/mol. The molecular weight excluding hydrogens is 262 g/mol. The fourth-order valence-corrected chi connectivity index (χ4v) is 1.64. The van der Waals surface area contributed by atoms with E-state index in [1.807, 2.05) is 18.2 Å². The van der Waals surface area contributed by atoms with E-state index >= 15 is 0 Å². The fraction of sp³-hybridized carbons (Fsp3) is 0.143. The Morgan fingerprint density at radius 3 is 2.60 bits per heavy atom. The summed E-state index contributed by atoms with van der Waals surface area (Å²) in [6, 6.07) is 10.2. The van der Waals surface area contributed by atoms with E-state index in [4.69, 9.17) is 20.0 Å². The molecule has 0 saturated carbocycles. The molecule has 0 spiro atoms. The zero-order valence-electron chi connectivity index (χ0n) is 10.5. The van der Waals surface area contributed by atoms with Gasteiger partial charge in [0, 0.05) is 6.07 Å². The van der Waals surface area contributed by atoms with E-state index < -0.39 is 17.2 Å². The van der Waals surface area contributed by atoms with Crippen molar-refractivity contribution < 1.29 is 19.1 Å². The van der Waals surface area contributed by atoms with Gasteiger partial charge < -0.3 is 20.0 Å². The van der Waals surface area contributed by atoms with E-state index in [1.54, 1.807) is 12.1 Å². The van der Waals surface area contributed by atoms with Crippen LogP contribution in [0.4, 0.5) is 0 Å². The second-order valence-electron chi connectivity index (χ2n) is 4.02. The third-order valence-corrected chi connectivity index (χ3v) is 2.58. The van der Waals surface area contributed by atoms with Crippen LogP contribution >= 0.6 is 0 Å². The largest absolute Gasteiger partial charge is 0.481 e. The molecule has 0 aliphatic carbocycles. The number of carboxylic acid groups (broad SMARTS) is 1. The summed E-state index contributed by atoms with van der Waals surface area (Å²) >= 11 is 0. The van der Waals surface area contributed by atoms with Crippen molar-refractivity contribution in [3.8, 4) is 5.75 Å². The maximum atomic E-state index is 11.8. The topological polar surface area (TPSA) is 103 Å². The van der Waals surface area contributed by atoms with Crippen molar-refractivity contribution in [3.05, 3.63) is 63.7 Å². The third kappa shape index (κ3) is 3.04. The van der Waals surface area contributed by atoms with Gasteiger partial charge in [-0.1, -0.05) is 30.3 Å². The summed E-state index contributed by atoms with van der Waals surface area (Å²) < 4.78 is 10.3. The number of benzene rings is 1. The Morgan fingerprint density at radius 1 is 1.30 bits per heavy atom. The molecule has 104 valence electrons. The summed E-state index contributed by atoms with van der Waals surface area (Å²) in [5, 5.41) is 9.05. The molecule has 0 amide bonds. The van der Waals surface area contributed by atoms with Crippen molar-refractivity contribution >= 4 is 5.97 Å². The van der Waals surface area contributed by atoms with Gasteiger partial charge in [-0.05, 0) is 5.56 Å². The predicted molar refractivity (Wildman–Crippen MR) is 70.6 cm³/mol. The lowest BCUT2D eigenvalue weighted by Crippen LogP contribution is -2.15. The van der Waals surface area contributed by atoms with Gasteiger partial charge in [0.2, 0.25) is 11.2 Å². The minimum atomic E-state index is -1.37. The number of carbonyl (C=O) groups is 1. The fourth-order valence-electron chi connectivity index (χ4n) is 1.64. The van der Waals surface area contributed by atoms with Crippen LogP contribution in [0.3, 0.4) is 0 Å². The molecule has 1 heterocycles. The predicted octanol–water partition coefficient (Wildman–Crippen LogP) is 1.38. The summed E-state index contributed by atoms with van der Waals surface area (Å²) in [6.45, 7) is 0.0162. The summed E-state index contributed by atoms with van der Waals surface area (Å²) in [7, 11) is 0. The van der Waals surface area contributed by atoms with Crippen LogP contribution in [0.25, 0.3) is 0 Å². The maximum absolute atomic E-state index is 11.8. The smallest absolute Gasteiger partial charge is 0.375 e. The lowest BCUT2D eigenvalue weighted by Gasteiger charge is -2.08. The Kier molecular flexibility index (Phi) is 4.17. The van der Waals surface area contributed by atoms with Gasteiger partial charge in [0.05, 0.1) is 6.54 Å². The van der Waals surface area contributed by atoms with Crippen LogP contribution in [-0.4, -0.2) is 11.1 Å². The molecule has 20 heavy (non-hydrogen) atoms. The molecule has 1 aromatic heterocycles. The summed E-state index contributed by atoms with van der Waals surface area (Å²) in [5.74, 6) is -2.13. The van der Waals surface area contributed by atoms with Gasteiger partial charge in [-0.25, -0.2) is 4.79 Å². The Morgan fingerprint density at radius 2 is 2.00 bits per heavy atom. The molecule has 2 rings (SSSR count). The normalized spacial score (nSPS) is 10.2. The van der Waals surface area contributed by atoms with E-state index in [0.29, 0.717) is 0 Å². The summed E-state index contributed by atoms with van der Waals surface area (Å²) in [4.78, 5) is 22.9. The average Bonchev–Trinajstić information content (AvgIpc) is 2.46. The van der Waals surface area contributed by atoms with E-state index in [1.165, 1.54) is 0 Å². The SMILES string of the molecule is NCc1cc(=O)c(OCc2ccccc2)c(C(=O)O)o1. The van der Waals surface area contributed by atoms with E-state index in [-0.39, 0.29) is 24.7 Å². The molecule has 0 bridgehead atoms. The zero-order valence-corrected chi connectivity index (χ0v) is 10.5. The van der Waals surface area contributed by atoms with Gasteiger partial charge in [-0.3, -0.25) is 4.79 Å². The molecule has 0 saturated heterocycles. The molecule has 6 heteroatoms. The first kappa shape index (κ1) is 13.8. The lowest BCUT2D eigenvalue weighted by atomic mass is 10.2. The first-order valence-corrected chi connectivity index (χ1v) is 5.89. The minimum Gasteiger partial charge on any atom is -0.481 e. The zero-order chi connectivity index (χ0) is 14.5. The molecule has 0 atom stereocenters. The highest BCUT2D eigenvalue weighted by Crippen LogP contribution is 2.17. The Balaban J connectivity index is 2.31. The number of hydrogen-bond acceptors (Lipinski definition) is 5. The van der Waals surface area contributed by atoms with E-state index in [2.05, 4.69) is 0 Å². The number of rotatable bonds is 5. The van der Waals surface area contributed by atoms with Crippen molar-refractivity contribution in [2.45, 2.75) is 13.2 Å². The van der Waals surface area contributed by atoms with Crippen molar-refractivity contribution in [2.24, 2.45) is 5.73 Å². The van der Waals surface area contributed by atoms with E-state index in [9.17, 15) is 9.59 Å². The van der Waals surface area contributed by atoms with Gasteiger partial charge in [-0.2, -0.15) is 0 Å². The quantitative estimate of drug-likeness (QED) is 0.854. The van der Waals surface area contributed by atoms with Crippen LogP contribution in [0.5, 0.6) is 5.75 Å². The number of aromatic carboxylic acids is 1. The summed E-state index contributed by atoms with van der Waals surface area (Å²) in [5.41, 5.74) is 5.58. The highest BCUT2D eigenvalue weighted by Gasteiger charge is 2.19. The third-order valence-electron chi connectivity index (χ3n) is 2.58. The molecule has 1 aromatic carbocycles. The Hall–Kier alpha value is -2.60. The van der Waals surface area contributed by atoms with Crippen LogP contribution in [-0.2, 0) is 13.2 Å². The van der Waals surface area contributed by atoms with Gasteiger partial charge in [0.15, 0.2) is 0 Å². The second-order valence-corrected chi connectivity index (χ2v) is 4.02. The van der Waals surface area contributed by atoms with Gasteiger partial charge in [-0.15, -0.1) is 0 Å². The maximum Gasteiger partial charge on any atom is 0.375 e. The van der Waals surface area contributed by atoms with Crippen molar-refractivity contribution in [1.29, 1.82) is 0 Å². The van der Waals surface area contributed by atoms with Gasteiger partial charge >= 0.3 is 5.97 Å². The highest BCUT2D eigenvalue weighted by molar-refractivity contribution is 5.87. The molecule has 3 N–H and O–H groups in total. The van der Waals surface area contributed by atoms with Crippen molar-refractivity contribution in [3.63, 3.8) is 0 Å². The van der Waals surface area contributed by atoms with Gasteiger partial charge in [0.25, 0.3) is 5.76 Å². The van der Waals surface area contributed by atoms with Crippen molar-refractivity contribution in [2.75, 3.05) is 0 Å². The Labute approximate surface area is 114 Å². The first-order valence-electron chi connectivity index (χ1n) is 5.89. The lowest BCUT2D eigenvalue weighted by molar-refractivity contribution is 0.0647. The first-order chi connectivity index (χ1) is 9.61. The monoisotopic (exact) mass is 275 g/mol. The molecule has 0 unspecified atom stereocenters. The molecule has 0 aliphatic rings. The number of carboxylic acids is 1. The van der Waals surface area contributed by atoms with E-state index in [0.717, 1.165) is 11.6 Å². The number of nitrogens with two attached hydrogens (primary N) is 1. The minimum absolute atomic E-state index is 0.0610. The molecule has 0 radical (unpaired) electrons. The second kappa shape index (κ2) is 6.03.